The van der Waals surface area contributed by atoms with Gasteiger partial charge in [0.2, 0.25) is 0 Å². The molecule has 0 aromatic heterocycles. The molecule has 0 radical (unpaired) electrons. The van der Waals surface area contributed by atoms with E-state index < -0.39 is 6.09 Å². The lowest BCUT2D eigenvalue weighted by Gasteiger charge is -2.17. The van der Waals surface area contributed by atoms with E-state index in [0.29, 0.717) is 19.4 Å². The highest BCUT2D eigenvalue weighted by atomic mass is 16.5. The Morgan fingerprint density at radius 2 is 1.44 bits per heavy atom. The zero-order valence-electron chi connectivity index (χ0n) is 15.2. The molecular formula is C22H25NO4. The van der Waals surface area contributed by atoms with E-state index in [1.807, 2.05) is 24.3 Å². The molecule has 2 aliphatic rings. The Bertz CT molecular complexity index is 764. The molecule has 2 aromatic rings. The molecule has 1 amide bonds. The van der Waals surface area contributed by atoms with Gasteiger partial charge in [0, 0.05) is 25.2 Å². The van der Waals surface area contributed by atoms with Crippen LogP contribution in [-0.2, 0) is 4.74 Å². The van der Waals surface area contributed by atoms with Crippen molar-refractivity contribution >= 4 is 6.09 Å². The van der Waals surface area contributed by atoms with E-state index in [0.717, 1.165) is 0 Å². The van der Waals surface area contributed by atoms with Crippen LogP contribution in [0.2, 0.25) is 0 Å². The van der Waals surface area contributed by atoms with E-state index in [9.17, 15) is 15.0 Å². The Morgan fingerprint density at radius 3 is 1.96 bits per heavy atom. The molecule has 3 N–H and O–H groups in total. The van der Waals surface area contributed by atoms with Gasteiger partial charge in [-0.1, -0.05) is 48.5 Å². The van der Waals surface area contributed by atoms with Crippen LogP contribution in [0.1, 0.15) is 29.9 Å². The number of benzene rings is 2. The summed E-state index contributed by atoms with van der Waals surface area (Å²) in [6.45, 7) is 0.363. The largest absolute Gasteiger partial charge is 0.449 e. The number of fused-ring (bicyclic) bond motifs is 3. The summed E-state index contributed by atoms with van der Waals surface area (Å²) in [7, 11) is 0. The molecule has 4 rings (SSSR count). The van der Waals surface area contributed by atoms with Crippen LogP contribution in [-0.4, -0.2) is 42.2 Å². The maximum atomic E-state index is 12.3. The zero-order chi connectivity index (χ0) is 18.8. The summed E-state index contributed by atoms with van der Waals surface area (Å²) in [5.41, 5.74) is 4.78. The van der Waals surface area contributed by atoms with Crippen LogP contribution >= 0.6 is 0 Å². The number of hydrogen-bond donors (Lipinski definition) is 3. The van der Waals surface area contributed by atoms with Crippen LogP contribution in [0, 0.1) is 11.8 Å². The van der Waals surface area contributed by atoms with Gasteiger partial charge >= 0.3 is 6.09 Å². The molecule has 0 spiro atoms. The van der Waals surface area contributed by atoms with Crippen molar-refractivity contribution in [3.05, 3.63) is 59.7 Å². The van der Waals surface area contributed by atoms with Crippen LogP contribution in [0.15, 0.2) is 48.5 Å². The summed E-state index contributed by atoms with van der Waals surface area (Å²) in [5, 5.41) is 21.7. The molecular weight excluding hydrogens is 342 g/mol. The van der Waals surface area contributed by atoms with E-state index in [1.54, 1.807) is 0 Å². The molecule has 2 aromatic carbocycles. The van der Waals surface area contributed by atoms with Gasteiger partial charge in [0.1, 0.15) is 6.61 Å². The third-order valence-corrected chi connectivity index (χ3v) is 5.98. The van der Waals surface area contributed by atoms with Crippen LogP contribution in [0.4, 0.5) is 4.79 Å². The molecule has 0 aliphatic heterocycles. The van der Waals surface area contributed by atoms with E-state index in [4.69, 9.17) is 4.74 Å². The summed E-state index contributed by atoms with van der Waals surface area (Å²) in [6, 6.07) is 16.4. The van der Waals surface area contributed by atoms with Crippen LogP contribution in [0.25, 0.3) is 11.1 Å². The first-order valence-corrected chi connectivity index (χ1v) is 9.54. The SMILES string of the molecule is O=C(NC1CC(CO)C(CO)C1)OCC1c2ccccc2-c2ccccc21. The number of nitrogens with one attached hydrogen (secondary N) is 1. The summed E-state index contributed by atoms with van der Waals surface area (Å²) in [6.07, 6.45) is 0.912. The quantitative estimate of drug-likeness (QED) is 0.759. The molecule has 0 saturated heterocycles. The number of carbonyl (C=O) groups is 1. The van der Waals surface area contributed by atoms with Crippen molar-refractivity contribution in [1.29, 1.82) is 0 Å². The monoisotopic (exact) mass is 367 g/mol. The van der Waals surface area contributed by atoms with Gasteiger partial charge in [0.25, 0.3) is 0 Å². The number of carbonyl (C=O) groups excluding carboxylic acids is 1. The van der Waals surface area contributed by atoms with Gasteiger partial charge in [0.05, 0.1) is 0 Å². The maximum absolute atomic E-state index is 12.3. The first-order valence-electron chi connectivity index (χ1n) is 9.54. The molecule has 0 bridgehead atoms. The van der Waals surface area contributed by atoms with Gasteiger partial charge < -0.3 is 20.3 Å². The van der Waals surface area contributed by atoms with Crippen LogP contribution in [0.5, 0.6) is 0 Å². The zero-order valence-corrected chi connectivity index (χ0v) is 15.2. The Labute approximate surface area is 159 Å². The van der Waals surface area contributed by atoms with Gasteiger partial charge in [-0.05, 0) is 46.9 Å². The van der Waals surface area contributed by atoms with Crippen molar-refractivity contribution in [2.75, 3.05) is 19.8 Å². The number of aliphatic hydroxyl groups is 2. The Kier molecular flexibility index (Phi) is 5.14. The number of alkyl carbamates (subject to hydrolysis) is 1. The van der Waals surface area contributed by atoms with E-state index in [2.05, 4.69) is 29.6 Å². The highest BCUT2D eigenvalue weighted by Gasteiger charge is 2.35. The molecule has 2 aliphatic carbocycles. The molecule has 142 valence electrons. The minimum Gasteiger partial charge on any atom is -0.449 e. The standard InChI is InChI=1S/C22H25NO4/c24-11-14-9-16(10-15(14)12-25)23-22(26)27-13-21-19-7-3-1-5-17(19)18-6-2-4-8-20(18)21/h1-8,14-16,21,24-25H,9-13H2,(H,23,26). The Balaban J connectivity index is 1.40. The van der Waals surface area contributed by atoms with E-state index in [-0.39, 0.29) is 37.0 Å². The fraction of sp³-hybridized carbons (Fsp3) is 0.409. The highest BCUT2D eigenvalue weighted by Crippen LogP contribution is 2.44. The van der Waals surface area contributed by atoms with Crippen molar-refractivity contribution in [3.8, 4) is 11.1 Å². The third-order valence-electron chi connectivity index (χ3n) is 5.98. The van der Waals surface area contributed by atoms with E-state index >= 15 is 0 Å². The number of hydrogen-bond acceptors (Lipinski definition) is 4. The second-order valence-corrected chi connectivity index (χ2v) is 7.52. The number of rotatable bonds is 5. The summed E-state index contributed by atoms with van der Waals surface area (Å²) in [4.78, 5) is 12.3. The predicted octanol–water partition coefficient (Wildman–Crippen LogP) is 2.90. The third kappa shape index (κ3) is 3.45. The van der Waals surface area contributed by atoms with Gasteiger partial charge in [-0.25, -0.2) is 4.79 Å². The molecule has 5 nitrogen and oxygen atoms in total. The van der Waals surface area contributed by atoms with Crippen molar-refractivity contribution in [2.45, 2.75) is 24.8 Å². The van der Waals surface area contributed by atoms with Gasteiger partial charge in [0.15, 0.2) is 0 Å². The molecule has 5 heteroatoms. The predicted molar refractivity (Wildman–Crippen MR) is 102 cm³/mol. The second-order valence-electron chi connectivity index (χ2n) is 7.52. The van der Waals surface area contributed by atoms with Crippen LogP contribution < -0.4 is 5.32 Å². The molecule has 2 atom stereocenters. The molecule has 2 unspecified atom stereocenters. The first-order chi connectivity index (χ1) is 13.2. The summed E-state index contributed by atoms with van der Waals surface area (Å²) < 4.78 is 5.56. The molecule has 27 heavy (non-hydrogen) atoms. The van der Waals surface area contributed by atoms with Crippen molar-refractivity contribution < 1.29 is 19.7 Å². The van der Waals surface area contributed by atoms with Gasteiger partial charge in [-0.3, -0.25) is 0 Å². The first kappa shape index (κ1) is 18.0. The normalized spacial score (nSPS) is 23.7. The van der Waals surface area contributed by atoms with Crippen molar-refractivity contribution in [2.24, 2.45) is 11.8 Å². The van der Waals surface area contributed by atoms with Crippen molar-refractivity contribution in [1.82, 2.24) is 5.32 Å². The smallest absolute Gasteiger partial charge is 0.407 e. The lowest BCUT2D eigenvalue weighted by molar-refractivity contribution is 0.138. The fourth-order valence-corrected chi connectivity index (χ4v) is 4.58. The average Bonchev–Trinajstić information content (AvgIpc) is 3.24. The number of amides is 1. The topological polar surface area (TPSA) is 78.8 Å². The lowest BCUT2D eigenvalue weighted by Crippen LogP contribution is -2.34. The lowest BCUT2D eigenvalue weighted by atomic mass is 9.98. The minimum absolute atomic E-state index is 0.0358. The Morgan fingerprint density at radius 1 is 0.926 bits per heavy atom. The maximum Gasteiger partial charge on any atom is 0.407 e. The highest BCUT2D eigenvalue weighted by molar-refractivity contribution is 5.79. The van der Waals surface area contributed by atoms with Gasteiger partial charge in [-0.15, -0.1) is 0 Å². The summed E-state index contributed by atoms with van der Waals surface area (Å²) in [5.74, 6) is 0.116. The molecule has 0 heterocycles. The molecule has 1 fully saturated rings. The molecule has 1 saturated carbocycles. The minimum atomic E-state index is -0.433. The van der Waals surface area contributed by atoms with Crippen LogP contribution in [0.3, 0.4) is 0 Å². The number of ether oxygens (including phenoxy) is 1. The number of aliphatic hydroxyl groups excluding tert-OH is 2. The Hall–Kier alpha value is -2.37. The summed E-state index contributed by atoms with van der Waals surface area (Å²) >= 11 is 0. The van der Waals surface area contributed by atoms with E-state index in [1.165, 1.54) is 22.3 Å². The second kappa shape index (κ2) is 7.71. The van der Waals surface area contributed by atoms with Gasteiger partial charge in [-0.2, -0.15) is 0 Å². The fourth-order valence-electron chi connectivity index (χ4n) is 4.58. The van der Waals surface area contributed by atoms with Crippen molar-refractivity contribution in [3.63, 3.8) is 0 Å². The average molecular weight is 367 g/mol.